The highest BCUT2D eigenvalue weighted by Gasteiger charge is 2.05. The number of nitrogen functional groups attached to an aromatic ring is 1. The SMILES string of the molecule is N#Cc1cnc(NCCC2=CCCC2)c(N)c1. The van der Waals surface area contributed by atoms with E-state index >= 15 is 0 Å². The highest BCUT2D eigenvalue weighted by molar-refractivity contribution is 5.63. The van der Waals surface area contributed by atoms with Gasteiger partial charge in [0.05, 0.1) is 11.3 Å². The van der Waals surface area contributed by atoms with Gasteiger partial charge in [-0.1, -0.05) is 11.6 Å². The summed E-state index contributed by atoms with van der Waals surface area (Å²) in [7, 11) is 0. The number of nitrogens with two attached hydrogens (primary N) is 1. The molecule has 0 radical (unpaired) electrons. The van der Waals surface area contributed by atoms with E-state index in [1.165, 1.54) is 31.0 Å². The van der Waals surface area contributed by atoms with Crippen molar-refractivity contribution in [1.82, 2.24) is 4.98 Å². The van der Waals surface area contributed by atoms with E-state index in [4.69, 9.17) is 11.0 Å². The van der Waals surface area contributed by atoms with Crippen LogP contribution < -0.4 is 11.1 Å². The maximum atomic E-state index is 8.70. The predicted octanol–water partition coefficient (Wildman–Crippen LogP) is 2.45. The summed E-state index contributed by atoms with van der Waals surface area (Å²) in [6.45, 7) is 0.842. The van der Waals surface area contributed by atoms with Crippen LogP contribution in [0.5, 0.6) is 0 Å². The highest BCUT2D eigenvalue weighted by atomic mass is 15.0. The van der Waals surface area contributed by atoms with Crippen molar-refractivity contribution < 1.29 is 0 Å². The van der Waals surface area contributed by atoms with Crippen molar-refractivity contribution in [2.75, 3.05) is 17.6 Å². The molecule has 1 aromatic heterocycles. The molecule has 0 unspecified atom stereocenters. The maximum absolute atomic E-state index is 8.70. The van der Waals surface area contributed by atoms with Gasteiger partial charge in [-0.15, -0.1) is 0 Å². The summed E-state index contributed by atoms with van der Waals surface area (Å²) in [5, 5.41) is 11.9. The lowest BCUT2D eigenvalue weighted by Gasteiger charge is -2.08. The fourth-order valence-corrected chi connectivity index (χ4v) is 2.00. The zero-order valence-electron chi connectivity index (χ0n) is 9.74. The topological polar surface area (TPSA) is 74.7 Å². The van der Waals surface area contributed by atoms with Crippen LogP contribution in [0.2, 0.25) is 0 Å². The van der Waals surface area contributed by atoms with Gasteiger partial charge in [0.25, 0.3) is 0 Å². The van der Waals surface area contributed by atoms with Crippen molar-refractivity contribution >= 4 is 11.5 Å². The lowest BCUT2D eigenvalue weighted by atomic mass is 10.2. The first-order valence-electron chi connectivity index (χ1n) is 5.87. The molecule has 0 bridgehead atoms. The van der Waals surface area contributed by atoms with Gasteiger partial charge in [-0.3, -0.25) is 0 Å². The van der Waals surface area contributed by atoms with E-state index in [9.17, 15) is 0 Å². The van der Waals surface area contributed by atoms with E-state index in [0.717, 1.165) is 13.0 Å². The van der Waals surface area contributed by atoms with Gasteiger partial charge in [-0.25, -0.2) is 4.98 Å². The number of nitriles is 1. The number of anilines is 2. The van der Waals surface area contributed by atoms with Crippen molar-refractivity contribution in [2.24, 2.45) is 0 Å². The van der Waals surface area contributed by atoms with Crippen molar-refractivity contribution in [1.29, 1.82) is 5.26 Å². The zero-order chi connectivity index (χ0) is 12.1. The Morgan fingerprint density at radius 1 is 1.53 bits per heavy atom. The second-order valence-electron chi connectivity index (χ2n) is 4.21. The summed E-state index contributed by atoms with van der Waals surface area (Å²) in [4.78, 5) is 4.14. The average molecular weight is 228 g/mol. The van der Waals surface area contributed by atoms with Crippen LogP contribution in [-0.2, 0) is 0 Å². The van der Waals surface area contributed by atoms with E-state index in [2.05, 4.69) is 16.4 Å². The summed E-state index contributed by atoms with van der Waals surface area (Å²) >= 11 is 0. The van der Waals surface area contributed by atoms with Crippen LogP contribution in [-0.4, -0.2) is 11.5 Å². The predicted molar refractivity (Wildman–Crippen MR) is 68.4 cm³/mol. The molecule has 1 aliphatic carbocycles. The van der Waals surface area contributed by atoms with Crippen molar-refractivity contribution in [3.63, 3.8) is 0 Å². The highest BCUT2D eigenvalue weighted by Crippen LogP contribution is 2.21. The Balaban J connectivity index is 1.88. The summed E-state index contributed by atoms with van der Waals surface area (Å²) < 4.78 is 0. The first-order valence-corrected chi connectivity index (χ1v) is 5.87. The second-order valence-corrected chi connectivity index (χ2v) is 4.21. The molecule has 17 heavy (non-hydrogen) atoms. The van der Waals surface area contributed by atoms with Crippen LogP contribution in [0.15, 0.2) is 23.9 Å². The number of pyridine rings is 1. The maximum Gasteiger partial charge on any atom is 0.149 e. The van der Waals surface area contributed by atoms with Crippen LogP contribution in [0.4, 0.5) is 11.5 Å². The zero-order valence-corrected chi connectivity index (χ0v) is 9.74. The lowest BCUT2D eigenvalue weighted by molar-refractivity contribution is 0.862. The van der Waals surface area contributed by atoms with Crippen LogP contribution in [0.3, 0.4) is 0 Å². The van der Waals surface area contributed by atoms with Gasteiger partial charge < -0.3 is 11.1 Å². The first-order chi connectivity index (χ1) is 8.29. The molecule has 0 amide bonds. The Morgan fingerprint density at radius 3 is 3.06 bits per heavy atom. The van der Waals surface area contributed by atoms with Gasteiger partial charge in [0.15, 0.2) is 0 Å². The number of rotatable bonds is 4. The second kappa shape index (κ2) is 5.35. The van der Waals surface area contributed by atoms with Gasteiger partial charge in [0.1, 0.15) is 11.9 Å². The monoisotopic (exact) mass is 228 g/mol. The van der Waals surface area contributed by atoms with E-state index < -0.39 is 0 Å². The molecule has 0 atom stereocenters. The van der Waals surface area contributed by atoms with E-state index in [-0.39, 0.29) is 0 Å². The molecule has 0 fully saturated rings. The minimum Gasteiger partial charge on any atom is -0.396 e. The third kappa shape index (κ3) is 2.97. The molecule has 4 heteroatoms. The Kier molecular flexibility index (Phi) is 3.61. The van der Waals surface area contributed by atoms with Gasteiger partial charge in [0, 0.05) is 12.7 Å². The summed E-state index contributed by atoms with van der Waals surface area (Å²) in [6, 6.07) is 3.66. The fourth-order valence-electron chi connectivity index (χ4n) is 2.00. The summed E-state index contributed by atoms with van der Waals surface area (Å²) in [5.74, 6) is 0.669. The quantitative estimate of drug-likeness (QED) is 0.776. The van der Waals surface area contributed by atoms with Gasteiger partial charge >= 0.3 is 0 Å². The molecule has 3 N–H and O–H groups in total. The standard InChI is InChI=1S/C13H16N4/c14-8-11-7-12(15)13(17-9-11)16-6-5-10-3-1-2-4-10/h3,7,9H,1-2,4-6,15H2,(H,16,17). The molecular weight excluding hydrogens is 212 g/mol. The van der Waals surface area contributed by atoms with E-state index in [1.54, 1.807) is 6.07 Å². The van der Waals surface area contributed by atoms with Crippen LogP contribution >= 0.6 is 0 Å². The first kappa shape index (κ1) is 11.5. The third-order valence-corrected chi connectivity index (χ3v) is 2.92. The molecule has 4 nitrogen and oxygen atoms in total. The number of nitrogens with one attached hydrogen (secondary N) is 1. The van der Waals surface area contributed by atoms with E-state index in [1.807, 2.05) is 6.07 Å². The van der Waals surface area contributed by atoms with Crippen LogP contribution in [0, 0.1) is 11.3 Å². The number of hydrogen-bond donors (Lipinski definition) is 2. The van der Waals surface area contributed by atoms with Gasteiger partial charge in [-0.05, 0) is 31.7 Å². The van der Waals surface area contributed by atoms with Crippen LogP contribution in [0.1, 0.15) is 31.2 Å². The Labute approximate surface area is 101 Å². The molecule has 1 aromatic rings. The fraction of sp³-hybridized carbons (Fsp3) is 0.385. The third-order valence-electron chi connectivity index (χ3n) is 2.92. The minimum absolute atomic E-state index is 0.492. The van der Waals surface area contributed by atoms with Gasteiger partial charge in [-0.2, -0.15) is 5.26 Å². The van der Waals surface area contributed by atoms with Gasteiger partial charge in [0.2, 0.25) is 0 Å². The van der Waals surface area contributed by atoms with Crippen LogP contribution in [0.25, 0.3) is 0 Å². The average Bonchev–Trinajstić information content (AvgIpc) is 2.84. The largest absolute Gasteiger partial charge is 0.396 e. The van der Waals surface area contributed by atoms with E-state index in [0.29, 0.717) is 17.1 Å². The smallest absolute Gasteiger partial charge is 0.149 e. The molecule has 88 valence electrons. The molecule has 0 saturated heterocycles. The molecule has 0 spiro atoms. The Bertz CT molecular complexity index is 471. The Hall–Kier alpha value is -2.02. The normalized spacial score (nSPS) is 14.2. The molecule has 0 saturated carbocycles. The van der Waals surface area contributed by atoms with Crippen molar-refractivity contribution in [2.45, 2.75) is 25.7 Å². The van der Waals surface area contributed by atoms with Crippen molar-refractivity contribution in [3.8, 4) is 6.07 Å². The summed E-state index contributed by atoms with van der Waals surface area (Å²) in [6.07, 6.45) is 8.61. The molecule has 0 aromatic carbocycles. The molecule has 1 aliphatic rings. The number of hydrogen-bond acceptors (Lipinski definition) is 4. The number of nitrogens with zero attached hydrogens (tertiary/aromatic N) is 2. The molecular formula is C13H16N4. The number of allylic oxidation sites excluding steroid dienone is 1. The lowest BCUT2D eigenvalue weighted by Crippen LogP contribution is -2.07. The summed E-state index contributed by atoms with van der Waals surface area (Å²) in [5.41, 5.74) is 8.34. The van der Waals surface area contributed by atoms with Crippen molar-refractivity contribution in [3.05, 3.63) is 29.5 Å². The Morgan fingerprint density at radius 2 is 2.41 bits per heavy atom. The minimum atomic E-state index is 0.492. The molecule has 1 heterocycles. The molecule has 0 aliphatic heterocycles. The molecule has 2 rings (SSSR count). The number of aromatic nitrogens is 1.